The van der Waals surface area contributed by atoms with Crippen LogP contribution in [0.1, 0.15) is 36.1 Å². The zero-order chi connectivity index (χ0) is 20.1. The Morgan fingerprint density at radius 3 is 2.50 bits per heavy atom. The number of rotatable bonds is 5. The van der Waals surface area contributed by atoms with Crippen LogP contribution in [-0.2, 0) is 12.6 Å². The highest BCUT2D eigenvalue weighted by Crippen LogP contribution is 2.32. The maximum atomic E-state index is 12.6. The number of benzene rings is 1. The van der Waals surface area contributed by atoms with Gasteiger partial charge in [-0.3, -0.25) is 0 Å². The number of amides is 2. The predicted molar refractivity (Wildman–Crippen MR) is 92.9 cm³/mol. The van der Waals surface area contributed by atoms with Crippen molar-refractivity contribution < 1.29 is 27.1 Å². The first-order valence-corrected chi connectivity index (χ1v) is 8.93. The van der Waals surface area contributed by atoms with E-state index < -0.39 is 12.1 Å². The second-order valence-electron chi connectivity index (χ2n) is 6.53. The molecule has 10 heteroatoms. The van der Waals surface area contributed by atoms with Gasteiger partial charge in [0.2, 0.25) is 5.89 Å². The fourth-order valence-electron chi connectivity index (χ4n) is 3.06. The minimum absolute atomic E-state index is 0.0214. The van der Waals surface area contributed by atoms with Gasteiger partial charge in [0.05, 0.1) is 7.11 Å². The molecule has 0 saturated carbocycles. The quantitative estimate of drug-likeness (QED) is 0.837. The van der Waals surface area contributed by atoms with Gasteiger partial charge in [-0.25, -0.2) is 4.79 Å². The first kappa shape index (κ1) is 20.0. The fraction of sp³-hybridized carbons (Fsp3) is 0.500. The molecular formula is C18H21F3N4O3. The molecule has 0 unspecified atom stereocenters. The van der Waals surface area contributed by atoms with E-state index in [0.717, 1.165) is 11.3 Å². The standard InChI is InChI=1S/C18H21F3N4O3/c1-27-14-4-2-12(3-5-14)6-9-22-17(26)25-10-7-13(8-11-25)15-23-24-16(28-15)18(19,20)21/h2-5,13H,6-11H2,1H3,(H,22,26). The summed E-state index contributed by atoms with van der Waals surface area (Å²) in [5, 5.41) is 9.43. The number of urea groups is 1. The van der Waals surface area contributed by atoms with E-state index in [9.17, 15) is 18.0 Å². The number of alkyl halides is 3. The van der Waals surface area contributed by atoms with E-state index >= 15 is 0 Å². The molecule has 1 N–H and O–H groups in total. The number of hydrogen-bond acceptors (Lipinski definition) is 5. The topological polar surface area (TPSA) is 80.5 Å². The number of ether oxygens (including phenoxy) is 1. The van der Waals surface area contributed by atoms with E-state index in [2.05, 4.69) is 15.5 Å². The van der Waals surface area contributed by atoms with Gasteiger partial charge < -0.3 is 19.4 Å². The number of carbonyl (C=O) groups is 1. The molecule has 0 atom stereocenters. The number of nitrogens with zero attached hydrogens (tertiary/aromatic N) is 3. The summed E-state index contributed by atoms with van der Waals surface area (Å²) in [7, 11) is 1.60. The summed E-state index contributed by atoms with van der Waals surface area (Å²) in [6.45, 7) is 1.33. The van der Waals surface area contributed by atoms with Crippen molar-refractivity contribution in [2.24, 2.45) is 0 Å². The summed E-state index contributed by atoms with van der Waals surface area (Å²) in [6.07, 6.45) is -3.00. The van der Waals surface area contributed by atoms with Gasteiger partial charge in [-0.2, -0.15) is 13.2 Å². The zero-order valence-corrected chi connectivity index (χ0v) is 15.3. The van der Waals surface area contributed by atoms with Crippen LogP contribution in [0.2, 0.25) is 0 Å². The highest BCUT2D eigenvalue weighted by atomic mass is 19.4. The van der Waals surface area contributed by atoms with Crippen LogP contribution in [-0.4, -0.2) is 47.9 Å². The second kappa shape index (κ2) is 8.49. The summed E-state index contributed by atoms with van der Waals surface area (Å²) in [5.74, 6) is -0.848. The first-order valence-electron chi connectivity index (χ1n) is 8.93. The highest BCUT2D eigenvalue weighted by Gasteiger charge is 2.39. The molecule has 2 heterocycles. The Hall–Kier alpha value is -2.78. The molecule has 1 aliphatic heterocycles. The van der Waals surface area contributed by atoms with Crippen LogP contribution in [0.15, 0.2) is 28.7 Å². The molecule has 1 fully saturated rings. The normalized spacial score (nSPS) is 15.5. The Morgan fingerprint density at radius 1 is 1.25 bits per heavy atom. The van der Waals surface area contributed by atoms with E-state index in [0.29, 0.717) is 38.9 Å². The molecule has 2 aromatic rings. The van der Waals surface area contributed by atoms with Gasteiger partial charge in [-0.1, -0.05) is 12.1 Å². The molecule has 0 radical (unpaired) electrons. The molecule has 152 valence electrons. The van der Waals surface area contributed by atoms with Gasteiger partial charge in [-0.15, -0.1) is 10.2 Å². The van der Waals surface area contributed by atoms with Crippen LogP contribution in [0.5, 0.6) is 5.75 Å². The number of likely N-dealkylation sites (tertiary alicyclic amines) is 1. The van der Waals surface area contributed by atoms with Crippen molar-refractivity contribution in [1.29, 1.82) is 0 Å². The maximum Gasteiger partial charge on any atom is 0.470 e. The van der Waals surface area contributed by atoms with Crippen molar-refractivity contribution in [3.8, 4) is 5.75 Å². The average Bonchev–Trinajstić information content (AvgIpc) is 3.19. The molecule has 0 aliphatic carbocycles. The predicted octanol–water partition coefficient (Wildman–Crippen LogP) is 3.23. The maximum absolute atomic E-state index is 12.6. The van der Waals surface area contributed by atoms with Crippen LogP contribution in [0.25, 0.3) is 0 Å². The van der Waals surface area contributed by atoms with Crippen LogP contribution in [0, 0.1) is 0 Å². The molecular weight excluding hydrogens is 377 g/mol. The van der Waals surface area contributed by atoms with Gasteiger partial charge >= 0.3 is 18.1 Å². The van der Waals surface area contributed by atoms with Crippen LogP contribution in [0.4, 0.5) is 18.0 Å². The van der Waals surface area contributed by atoms with Crippen LogP contribution >= 0.6 is 0 Å². The lowest BCUT2D eigenvalue weighted by molar-refractivity contribution is -0.157. The number of halogens is 3. The van der Waals surface area contributed by atoms with Crippen LogP contribution in [0.3, 0.4) is 0 Å². The second-order valence-corrected chi connectivity index (χ2v) is 6.53. The zero-order valence-electron chi connectivity index (χ0n) is 15.3. The van der Waals surface area contributed by atoms with Gasteiger partial charge in [0.15, 0.2) is 0 Å². The number of nitrogens with one attached hydrogen (secondary N) is 1. The lowest BCUT2D eigenvalue weighted by Gasteiger charge is -2.30. The fourth-order valence-corrected chi connectivity index (χ4v) is 3.06. The third-order valence-corrected chi connectivity index (χ3v) is 4.66. The highest BCUT2D eigenvalue weighted by molar-refractivity contribution is 5.74. The van der Waals surface area contributed by atoms with Gasteiger partial charge in [-0.05, 0) is 37.0 Å². The van der Waals surface area contributed by atoms with E-state index in [4.69, 9.17) is 9.15 Å². The van der Waals surface area contributed by atoms with Crippen molar-refractivity contribution in [2.45, 2.75) is 31.4 Å². The molecule has 7 nitrogen and oxygen atoms in total. The van der Waals surface area contributed by atoms with E-state index in [1.165, 1.54) is 0 Å². The lowest BCUT2D eigenvalue weighted by atomic mass is 9.97. The van der Waals surface area contributed by atoms with Crippen molar-refractivity contribution in [2.75, 3.05) is 26.7 Å². The number of piperidine rings is 1. The van der Waals surface area contributed by atoms with Crippen molar-refractivity contribution in [3.05, 3.63) is 41.6 Å². The minimum Gasteiger partial charge on any atom is -0.497 e. The molecule has 1 saturated heterocycles. The molecule has 1 aliphatic rings. The smallest absolute Gasteiger partial charge is 0.470 e. The molecule has 0 bridgehead atoms. The SMILES string of the molecule is COc1ccc(CCNC(=O)N2CCC(c3nnc(C(F)(F)F)o3)CC2)cc1. The minimum atomic E-state index is -4.64. The van der Waals surface area contributed by atoms with Gasteiger partial charge in [0.1, 0.15) is 5.75 Å². The average molecular weight is 398 g/mol. The number of aromatic nitrogens is 2. The van der Waals surface area contributed by atoms with E-state index in [1.807, 2.05) is 24.3 Å². The summed E-state index contributed by atoms with van der Waals surface area (Å²) in [5.41, 5.74) is 1.08. The third-order valence-electron chi connectivity index (χ3n) is 4.66. The Morgan fingerprint density at radius 2 is 1.93 bits per heavy atom. The summed E-state index contributed by atoms with van der Waals surface area (Å²) >= 11 is 0. The Kier molecular flexibility index (Phi) is 6.05. The monoisotopic (exact) mass is 398 g/mol. The van der Waals surface area contributed by atoms with E-state index in [-0.39, 0.29) is 17.8 Å². The van der Waals surface area contributed by atoms with Crippen molar-refractivity contribution in [1.82, 2.24) is 20.4 Å². The summed E-state index contributed by atoms with van der Waals surface area (Å²) in [4.78, 5) is 13.9. The molecule has 3 rings (SSSR count). The van der Waals surface area contributed by atoms with Gasteiger partial charge in [0, 0.05) is 25.6 Å². The lowest BCUT2D eigenvalue weighted by Crippen LogP contribution is -2.44. The first-order chi connectivity index (χ1) is 13.4. The summed E-state index contributed by atoms with van der Waals surface area (Å²) < 4.78 is 47.5. The van der Waals surface area contributed by atoms with Crippen molar-refractivity contribution in [3.63, 3.8) is 0 Å². The van der Waals surface area contributed by atoms with E-state index in [1.54, 1.807) is 12.0 Å². The molecule has 1 aromatic heterocycles. The Bertz CT molecular complexity index is 784. The van der Waals surface area contributed by atoms with Crippen molar-refractivity contribution >= 4 is 6.03 Å². The van der Waals surface area contributed by atoms with Crippen LogP contribution < -0.4 is 10.1 Å². The summed E-state index contributed by atoms with van der Waals surface area (Å²) in [6, 6.07) is 7.42. The number of hydrogen-bond donors (Lipinski definition) is 1. The Labute approximate surface area is 159 Å². The largest absolute Gasteiger partial charge is 0.497 e. The third kappa shape index (κ3) is 4.93. The molecule has 28 heavy (non-hydrogen) atoms. The number of carbonyl (C=O) groups excluding carboxylic acids is 1. The van der Waals surface area contributed by atoms with Gasteiger partial charge in [0.25, 0.3) is 0 Å². The number of methoxy groups -OCH3 is 1. The molecule has 1 aromatic carbocycles. The molecule has 2 amide bonds. The Balaban J connectivity index is 1.42. The molecule has 0 spiro atoms.